The number of hydrogen-bond donors (Lipinski definition) is 1. The van der Waals surface area contributed by atoms with Crippen molar-refractivity contribution in [1.29, 1.82) is 0 Å². The van der Waals surface area contributed by atoms with Gasteiger partial charge in [-0.2, -0.15) is 8.78 Å². The highest BCUT2D eigenvalue weighted by Gasteiger charge is 2.28. The molecule has 27 heavy (non-hydrogen) atoms. The molecule has 1 aliphatic rings. The number of ether oxygens (including phenoxy) is 1. The number of alkyl halides is 2. The molecule has 0 radical (unpaired) electrons. The quantitative estimate of drug-likeness (QED) is 0.717. The highest BCUT2D eigenvalue weighted by atomic mass is 19.3. The second-order valence-electron chi connectivity index (χ2n) is 6.08. The van der Waals surface area contributed by atoms with E-state index in [0.29, 0.717) is 17.6 Å². The topological polar surface area (TPSA) is 81.9 Å². The van der Waals surface area contributed by atoms with Crippen LogP contribution in [-0.2, 0) is 0 Å². The van der Waals surface area contributed by atoms with Crippen molar-refractivity contribution in [2.45, 2.75) is 25.5 Å². The number of aromatic nitrogens is 4. The van der Waals surface area contributed by atoms with Gasteiger partial charge in [0.1, 0.15) is 5.75 Å². The van der Waals surface area contributed by atoms with E-state index >= 15 is 0 Å². The summed E-state index contributed by atoms with van der Waals surface area (Å²) in [6.07, 6.45) is 2.12. The molecule has 1 fully saturated rings. The number of tetrazole rings is 1. The lowest BCUT2D eigenvalue weighted by Crippen LogP contribution is -2.15. The van der Waals surface area contributed by atoms with E-state index in [0.717, 1.165) is 18.4 Å². The number of carbonyl (C=O) groups excluding carboxylic acids is 1. The Morgan fingerprint density at radius 1 is 1.15 bits per heavy atom. The van der Waals surface area contributed by atoms with Gasteiger partial charge in [0.25, 0.3) is 5.91 Å². The molecule has 0 unspecified atom stereocenters. The smallest absolute Gasteiger partial charge is 0.387 e. The number of rotatable bonds is 6. The van der Waals surface area contributed by atoms with Crippen molar-refractivity contribution in [1.82, 2.24) is 20.2 Å². The van der Waals surface area contributed by atoms with E-state index in [9.17, 15) is 13.6 Å². The van der Waals surface area contributed by atoms with Crippen LogP contribution in [0.25, 0.3) is 11.4 Å². The molecule has 0 saturated heterocycles. The van der Waals surface area contributed by atoms with Crippen LogP contribution in [0.4, 0.5) is 14.5 Å². The number of hydrogen-bond acceptors (Lipinski definition) is 5. The van der Waals surface area contributed by atoms with Crippen LogP contribution >= 0.6 is 0 Å². The third-order valence-electron chi connectivity index (χ3n) is 4.13. The zero-order valence-electron chi connectivity index (χ0n) is 14.0. The predicted molar refractivity (Wildman–Crippen MR) is 92.6 cm³/mol. The minimum absolute atomic E-state index is 0.0274. The van der Waals surface area contributed by atoms with Crippen molar-refractivity contribution < 1.29 is 18.3 Å². The SMILES string of the molecule is O=C(Nc1ccc(-c2nnnn2C2CC2)cc1)c1ccccc1OC(F)F. The molecule has 1 aliphatic carbocycles. The van der Waals surface area contributed by atoms with Gasteiger partial charge in [-0.3, -0.25) is 4.79 Å². The molecule has 1 heterocycles. The number of anilines is 1. The average Bonchev–Trinajstić information content (AvgIpc) is 3.39. The first-order valence-corrected chi connectivity index (χ1v) is 8.35. The van der Waals surface area contributed by atoms with E-state index in [1.165, 1.54) is 18.2 Å². The van der Waals surface area contributed by atoms with Crippen molar-refractivity contribution in [3.8, 4) is 17.1 Å². The molecule has 7 nitrogen and oxygen atoms in total. The summed E-state index contributed by atoms with van der Waals surface area (Å²) in [5.74, 6) is -0.0434. The van der Waals surface area contributed by atoms with Crippen LogP contribution in [-0.4, -0.2) is 32.7 Å². The number of halogens is 2. The molecule has 1 saturated carbocycles. The molecular weight excluding hydrogens is 356 g/mol. The normalized spacial score (nSPS) is 13.6. The van der Waals surface area contributed by atoms with Crippen LogP contribution in [0.2, 0.25) is 0 Å². The Kier molecular flexibility index (Phi) is 4.49. The summed E-state index contributed by atoms with van der Waals surface area (Å²) in [5.41, 5.74) is 1.37. The second-order valence-corrected chi connectivity index (χ2v) is 6.08. The average molecular weight is 371 g/mol. The van der Waals surface area contributed by atoms with Crippen molar-refractivity contribution in [2.24, 2.45) is 0 Å². The van der Waals surface area contributed by atoms with E-state index in [2.05, 4.69) is 25.6 Å². The number of benzene rings is 2. The predicted octanol–water partition coefficient (Wildman–Crippen LogP) is 3.53. The summed E-state index contributed by atoms with van der Waals surface area (Å²) in [5, 5.41) is 14.5. The highest BCUT2D eigenvalue weighted by molar-refractivity contribution is 6.06. The molecule has 0 spiro atoms. The molecule has 138 valence electrons. The molecule has 0 aliphatic heterocycles. The van der Waals surface area contributed by atoms with Gasteiger partial charge >= 0.3 is 6.61 Å². The van der Waals surface area contributed by atoms with Crippen molar-refractivity contribution in [2.75, 3.05) is 5.32 Å². The number of nitrogens with zero attached hydrogens (tertiary/aromatic N) is 4. The molecule has 9 heteroatoms. The van der Waals surface area contributed by atoms with Crippen LogP contribution in [0.5, 0.6) is 5.75 Å². The van der Waals surface area contributed by atoms with Crippen LogP contribution in [0.3, 0.4) is 0 Å². The maximum atomic E-state index is 12.5. The number of amides is 1. The van der Waals surface area contributed by atoms with Gasteiger partial charge < -0.3 is 10.1 Å². The summed E-state index contributed by atoms with van der Waals surface area (Å²) in [7, 11) is 0. The highest BCUT2D eigenvalue weighted by Crippen LogP contribution is 2.36. The first-order valence-electron chi connectivity index (χ1n) is 8.35. The summed E-state index contributed by atoms with van der Waals surface area (Å²) < 4.78 is 31.2. The van der Waals surface area contributed by atoms with E-state index in [-0.39, 0.29) is 11.3 Å². The Labute approximate surface area is 153 Å². The Morgan fingerprint density at radius 2 is 1.89 bits per heavy atom. The van der Waals surface area contributed by atoms with Crippen molar-refractivity contribution in [3.05, 3.63) is 54.1 Å². The number of para-hydroxylation sites is 1. The molecule has 1 amide bonds. The summed E-state index contributed by atoms with van der Waals surface area (Å²) in [4.78, 5) is 12.4. The van der Waals surface area contributed by atoms with Gasteiger partial charge in [-0.25, -0.2) is 4.68 Å². The Hall–Kier alpha value is -3.36. The van der Waals surface area contributed by atoms with Crippen LogP contribution < -0.4 is 10.1 Å². The maximum absolute atomic E-state index is 12.5. The Balaban J connectivity index is 1.50. The largest absolute Gasteiger partial charge is 0.434 e. The first-order chi connectivity index (χ1) is 13.1. The van der Waals surface area contributed by atoms with Crippen molar-refractivity contribution >= 4 is 11.6 Å². The van der Waals surface area contributed by atoms with Gasteiger partial charge in [0.15, 0.2) is 5.82 Å². The molecule has 0 bridgehead atoms. The second kappa shape index (κ2) is 7.10. The monoisotopic (exact) mass is 371 g/mol. The zero-order chi connectivity index (χ0) is 18.8. The fourth-order valence-corrected chi connectivity index (χ4v) is 2.70. The molecule has 4 rings (SSSR count). The van der Waals surface area contributed by atoms with Gasteiger partial charge in [0, 0.05) is 11.3 Å². The lowest BCUT2D eigenvalue weighted by molar-refractivity contribution is -0.0501. The Morgan fingerprint density at radius 3 is 2.59 bits per heavy atom. The molecule has 1 N–H and O–H groups in total. The number of carbonyl (C=O) groups is 1. The van der Waals surface area contributed by atoms with E-state index in [1.807, 2.05) is 0 Å². The van der Waals surface area contributed by atoms with Gasteiger partial charge in [0.2, 0.25) is 0 Å². The van der Waals surface area contributed by atoms with Gasteiger partial charge in [0.05, 0.1) is 11.6 Å². The van der Waals surface area contributed by atoms with Crippen molar-refractivity contribution in [3.63, 3.8) is 0 Å². The lowest BCUT2D eigenvalue weighted by atomic mass is 10.1. The molecule has 2 aromatic carbocycles. The molecular formula is C18H15F2N5O2. The zero-order valence-corrected chi connectivity index (χ0v) is 14.0. The third-order valence-corrected chi connectivity index (χ3v) is 4.13. The van der Waals surface area contributed by atoms with Gasteiger partial charge in [-0.1, -0.05) is 12.1 Å². The summed E-state index contributed by atoms with van der Waals surface area (Å²) >= 11 is 0. The minimum Gasteiger partial charge on any atom is -0.434 e. The van der Waals surface area contributed by atoms with Gasteiger partial charge in [-0.15, -0.1) is 5.10 Å². The lowest BCUT2D eigenvalue weighted by Gasteiger charge is -2.11. The van der Waals surface area contributed by atoms with Crippen LogP contribution in [0.1, 0.15) is 29.2 Å². The summed E-state index contributed by atoms with van der Waals surface area (Å²) in [6, 6.07) is 13.2. The van der Waals surface area contributed by atoms with Crippen LogP contribution in [0.15, 0.2) is 48.5 Å². The first kappa shape index (κ1) is 17.1. The maximum Gasteiger partial charge on any atom is 0.387 e. The fraction of sp³-hybridized carbons (Fsp3) is 0.222. The van der Waals surface area contributed by atoms with E-state index < -0.39 is 12.5 Å². The van der Waals surface area contributed by atoms with Crippen LogP contribution in [0, 0.1) is 0 Å². The summed E-state index contributed by atoms with van der Waals surface area (Å²) in [6.45, 7) is -3.00. The molecule has 3 aromatic rings. The van der Waals surface area contributed by atoms with E-state index in [4.69, 9.17) is 0 Å². The van der Waals surface area contributed by atoms with Gasteiger partial charge in [-0.05, 0) is 59.7 Å². The Bertz CT molecular complexity index is 954. The molecule has 0 atom stereocenters. The fourth-order valence-electron chi connectivity index (χ4n) is 2.70. The standard InChI is InChI=1S/C18H15F2N5O2/c19-18(20)27-15-4-2-1-3-14(15)17(26)21-12-7-5-11(6-8-12)16-22-23-24-25(16)13-9-10-13/h1-8,13,18H,9-10H2,(H,21,26). The molecule has 1 aromatic heterocycles. The number of nitrogens with one attached hydrogen (secondary N) is 1. The minimum atomic E-state index is -3.00. The van der Waals surface area contributed by atoms with E-state index in [1.54, 1.807) is 35.0 Å². The third kappa shape index (κ3) is 3.76.